The first kappa shape index (κ1) is 40.6. The number of carboxylic acids is 2. The van der Waals surface area contributed by atoms with Crippen LogP contribution < -0.4 is 10.5 Å². The van der Waals surface area contributed by atoms with Crippen LogP contribution in [0.3, 0.4) is 0 Å². The lowest BCUT2D eigenvalue weighted by Gasteiger charge is -2.40. The molecule has 16 heteroatoms. The Hall–Kier alpha value is -4.16. The maximum atomic E-state index is 12.5. The van der Waals surface area contributed by atoms with Gasteiger partial charge in [0.25, 0.3) is 0 Å². The average Bonchev–Trinajstić information content (AvgIpc) is 3.65. The monoisotopic (exact) mass is 747 g/mol. The van der Waals surface area contributed by atoms with Gasteiger partial charge in [-0.25, -0.2) is 9.59 Å². The van der Waals surface area contributed by atoms with Gasteiger partial charge in [-0.3, -0.25) is 4.79 Å². The number of nitrogens with two attached hydrogens (primary N) is 1. The Balaban J connectivity index is 0.000000530. The molecule has 0 spiro atoms. The molecule has 0 bridgehead atoms. The standard InChI is InChI=1S/C32H36ClNO8.C4H6O6/c33-25-11-8-21(16-22(25)14-20-6-9-23(10-7-20)41-24-12-13-39-17-24)31-30(37)29(36)28(35)27(42-31)18-40-32(38)26(34)15-19-4-2-1-3-5-19;5-1(3(7)8)2(6)4(9)10/h1-11,16,24,26-31,35-37H,12-15,17-18,34H2;1-2,5-6H,(H,7,8)(H,9,10)/t24-,26-,27+,28+,29-,30+,31-;1-,2-/m01/s1. The summed E-state index contributed by atoms with van der Waals surface area (Å²) in [5, 5.41) is 65.0. The van der Waals surface area contributed by atoms with Crippen molar-refractivity contribution in [2.45, 2.75) is 74.1 Å². The first-order valence-corrected chi connectivity index (χ1v) is 16.7. The molecule has 0 amide bonds. The summed E-state index contributed by atoms with van der Waals surface area (Å²) in [6.07, 6.45) is -9.30. The number of halogens is 1. The zero-order valence-electron chi connectivity index (χ0n) is 27.8. The second kappa shape index (κ2) is 19.1. The van der Waals surface area contributed by atoms with E-state index in [1.807, 2.05) is 54.6 Å². The molecule has 0 radical (unpaired) electrons. The number of esters is 1. The Bertz CT molecular complexity index is 1600. The molecule has 2 heterocycles. The summed E-state index contributed by atoms with van der Waals surface area (Å²) in [6.45, 7) is 0.961. The summed E-state index contributed by atoms with van der Waals surface area (Å²) < 4.78 is 22.6. The van der Waals surface area contributed by atoms with Crippen LogP contribution in [0.25, 0.3) is 0 Å². The molecule has 3 aromatic rings. The summed E-state index contributed by atoms with van der Waals surface area (Å²) in [6, 6.07) is 21.4. The fraction of sp³-hybridized carbons (Fsp3) is 0.417. The molecule has 2 aliphatic rings. The lowest BCUT2D eigenvalue weighted by Crippen LogP contribution is -2.55. The Labute approximate surface area is 303 Å². The second-order valence-corrected chi connectivity index (χ2v) is 12.7. The van der Waals surface area contributed by atoms with Crippen molar-refractivity contribution in [2.75, 3.05) is 19.8 Å². The first-order valence-electron chi connectivity index (χ1n) is 16.3. The molecule has 0 unspecified atom stereocenters. The SMILES string of the molecule is N[C@@H](Cc1ccccc1)C(=O)OC[C@H]1O[C@@H](c2ccc(Cl)c(Cc3ccc(O[C@H]4CCOC4)cc3)c2)[C@H](O)[C@@H](O)[C@@H]1O.O=C(O)[C@H](O)[C@@H](O)C(=O)O. The van der Waals surface area contributed by atoms with Crippen molar-refractivity contribution in [1.82, 2.24) is 0 Å². The summed E-state index contributed by atoms with van der Waals surface area (Å²) in [5.74, 6) is -3.42. The average molecular weight is 748 g/mol. The Morgan fingerprint density at radius 3 is 2.12 bits per heavy atom. The van der Waals surface area contributed by atoms with Crippen molar-refractivity contribution >= 4 is 29.5 Å². The number of rotatable bonds is 13. The third-order valence-corrected chi connectivity index (χ3v) is 8.78. The van der Waals surface area contributed by atoms with E-state index in [0.29, 0.717) is 30.2 Å². The summed E-state index contributed by atoms with van der Waals surface area (Å²) in [4.78, 5) is 32.1. The van der Waals surface area contributed by atoms with Crippen LogP contribution in [0.4, 0.5) is 0 Å². The van der Waals surface area contributed by atoms with Crippen LogP contribution in [-0.2, 0) is 41.4 Å². The third-order valence-electron chi connectivity index (χ3n) is 8.42. The van der Waals surface area contributed by atoms with Gasteiger partial charge in [0.1, 0.15) is 55.0 Å². The highest BCUT2D eigenvalue weighted by atomic mass is 35.5. The molecule has 9 N–H and O–H groups in total. The van der Waals surface area contributed by atoms with Gasteiger partial charge in [-0.1, -0.05) is 66.2 Å². The van der Waals surface area contributed by atoms with Crippen LogP contribution in [0.2, 0.25) is 5.02 Å². The summed E-state index contributed by atoms with van der Waals surface area (Å²) >= 11 is 6.52. The highest BCUT2D eigenvalue weighted by Gasteiger charge is 2.45. The van der Waals surface area contributed by atoms with Gasteiger partial charge in [-0.05, 0) is 53.3 Å². The molecule has 2 fully saturated rings. The van der Waals surface area contributed by atoms with E-state index in [4.69, 9.17) is 56.7 Å². The normalized spacial score (nSPS) is 24.4. The number of carbonyl (C=O) groups excluding carboxylic acids is 1. The fourth-order valence-electron chi connectivity index (χ4n) is 5.47. The number of carboxylic acid groups (broad SMARTS) is 2. The number of aliphatic hydroxyl groups is 5. The third kappa shape index (κ3) is 11.2. The van der Waals surface area contributed by atoms with Gasteiger partial charge >= 0.3 is 17.9 Å². The minimum absolute atomic E-state index is 0.0659. The molecular formula is C36H42ClNO14. The van der Waals surface area contributed by atoms with Crippen molar-refractivity contribution in [3.05, 3.63) is 100 Å². The molecule has 52 heavy (non-hydrogen) atoms. The minimum atomic E-state index is -2.27. The van der Waals surface area contributed by atoms with Crippen LogP contribution in [0.15, 0.2) is 72.8 Å². The Kier molecular flexibility index (Phi) is 14.9. The Morgan fingerprint density at radius 1 is 0.865 bits per heavy atom. The number of aliphatic carboxylic acids is 2. The van der Waals surface area contributed by atoms with Gasteiger partial charge in [0, 0.05) is 11.4 Å². The highest BCUT2D eigenvalue weighted by molar-refractivity contribution is 6.31. The quantitative estimate of drug-likeness (QED) is 0.112. The number of carbonyl (C=O) groups is 3. The van der Waals surface area contributed by atoms with Gasteiger partial charge in [-0.2, -0.15) is 0 Å². The van der Waals surface area contributed by atoms with Gasteiger partial charge < -0.3 is 60.4 Å². The number of ether oxygens (including phenoxy) is 4. The molecule has 0 saturated carbocycles. The van der Waals surface area contributed by atoms with Crippen molar-refractivity contribution < 1.29 is 69.1 Å². The van der Waals surface area contributed by atoms with Crippen LogP contribution in [0, 0.1) is 0 Å². The van der Waals surface area contributed by atoms with Crippen molar-refractivity contribution in [2.24, 2.45) is 5.73 Å². The molecular weight excluding hydrogens is 706 g/mol. The number of hydrogen-bond acceptors (Lipinski definition) is 13. The maximum absolute atomic E-state index is 12.5. The minimum Gasteiger partial charge on any atom is -0.488 e. The predicted octanol–water partition coefficient (Wildman–Crippen LogP) is 0.612. The van der Waals surface area contributed by atoms with Crippen LogP contribution in [-0.4, -0.2) is 122 Å². The van der Waals surface area contributed by atoms with Crippen LogP contribution >= 0.6 is 11.6 Å². The topological polar surface area (TPSA) is 256 Å². The Morgan fingerprint density at radius 2 is 1.52 bits per heavy atom. The summed E-state index contributed by atoms with van der Waals surface area (Å²) in [5.41, 5.74) is 9.25. The predicted molar refractivity (Wildman–Crippen MR) is 183 cm³/mol. The zero-order valence-corrected chi connectivity index (χ0v) is 28.6. The molecule has 0 aromatic heterocycles. The van der Waals surface area contributed by atoms with E-state index in [1.54, 1.807) is 18.2 Å². The second-order valence-electron chi connectivity index (χ2n) is 12.3. The van der Waals surface area contributed by atoms with E-state index >= 15 is 0 Å². The fourth-order valence-corrected chi connectivity index (χ4v) is 5.65. The highest BCUT2D eigenvalue weighted by Crippen LogP contribution is 2.35. The zero-order chi connectivity index (χ0) is 37.9. The van der Waals surface area contributed by atoms with Crippen LogP contribution in [0.5, 0.6) is 5.75 Å². The lowest BCUT2D eigenvalue weighted by molar-refractivity contribution is -0.234. The van der Waals surface area contributed by atoms with Gasteiger partial charge in [-0.15, -0.1) is 0 Å². The molecule has 2 aliphatic heterocycles. The van der Waals surface area contributed by atoms with Gasteiger partial charge in [0.05, 0.1) is 13.2 Å². The smallest absolute Gasteiger partial charge is 0.335 e. The van der Waals surface area contributed by atoms with Crippen LogP contribution in [0.1, 0.15) is 34.8 Å². The van der Waals surface area contributed by atoms with E-state index in [9.17, 15) is 29.7 Å². The van der Waals surface area contributed by atoms with E-state index < -0.39 is 66.7 Å². The van der Waals surface area contributed by atoms with Crippen molar-refractivity contribution in [3.63, 3.8) is 0 Å². The number of hydrogen-bond donors (Lipinski definition) is 8. The molecule has 0 aliphatic carbocycles. The molecule has 5 rings (SSSR count). The summed E-state index contributed by atoms with van der Waals surface area (Å²) in [7, 11) is 0. The van der Waals surface area contributed by atoms with E-state index in [-0.39, 0.29) is 19.1 Å². The molecule has 3 aromatic carbocycles. The first-order chi connectivity index (χ1) is 24.7. The van der Waals surface area contributed by atoms with Crippen molar-refractivity contribution in [3.8, 4) is 5.75 Å². The van der Waals surface area contributed by atoms with Gasteiger partial charge in [0.15, 0.2) is 12.2 Å². The number of benzene rings is 3. The van der Waals surface area contributed by atoms with E-state index in [1.165, 1.54) is 0 Å². The van der Waals surface area contributed by atoms with Crippen molar-refractivity contribution in [1.29, 1.82) is 0 Å². The molecule has 282 valence electrons. The maximum Gasteiger partial charge on any atom is 0.335 e. The largest absolute Gasteiger partial charge is 0.488 e. The lowest BCUT2D eigenvalue weighted by atomic mass is 9.90. The molecule has 15 nitrogen and oxygen atoms in total. The van der Waals surface area contributed by atoms with E-state index in [2.05, 4.69) is 0 Å². The molecule has 9 atom stereocenters. The van der Waals surface area contributed by atoms with E-state index in [0.717, 1.165) is 28.9 Å². The van der Waals surface area contributed by atoms with Gasteiger partial charge in [0.2, 0.25) is 0 Å². The molecule has 2 saturated heterocycles. The number of aliphatic hydroxyl groups excluding tert-OH is 5.